The molecule has 1 saturated heterocycles. The number of carbonyl (C=O) groups excluding carboxylic acids is 1. The summed E-state index contributed by atoms with van der Waals surface area (Å²) in [6, 6.07) is 5.53. The lowest BCUT2D eigenvalue weighted by Crippen LogP contribution is -2.30. The van der Waals surface area contributed by atoms with E-state index in [1.807, 2.05) is 0 Å². The molecule has 1 amide bonds. The van der Waals surface area contributed by atoms with E-state index in [0.717, 1.165) is 12.1 Å². The minimum absolute atomic E-state index is 0.113. The summed E-state index contributed by atoms with van der Waals surface area (Å²) in [7, 11) is 0. The highest BCUT2D eigenvalue weighted by atomic mass is 19.4. The van der Waals surface area contributed by atoms with Gasteiger partial charge >= 0.3 is 6.18 Å². The Bertz CT molecular complexity index is 803. The van der Waals surface area contributed by atoms with Crippen molar-refractivity contribution in [1.29, 1.82) is 0 Å². The van der Waals surface area contributed by atoms with E-state index in [1.165, 1.54) is 12.3 Å². The number of hydrogen-bond donors (Lipinski definition) is 2. The first-order valence-corrected chi connectivity index (χ1v) is 8.27. The summed E-state index contributed by atoms with van der Waals surface area (Å²) in [5, 5.41) is 5.34. The van der Waals surface area contributed by atoms with Gasteiger partial charge in [0.05, 0.1) is 47.9 Å². The van der Waals surface area contributed by atoms with Gasteiger partial charge in [0.1, 0.15) is 5.82 Å². The van der Waals surface area contributed by atoms with Gasteiger partial charge in [0.25, 0.3) is 0 Å². The molecular formula is C18H17F4N3O2. The number of nitrogens with one attached hydrogen (secondary N) is 2. The summed E-state index contributed by atoms with van der Waals surface area (Å²) in [4.78, 5) is 16.0. The molecule has 0 bridgehead atoms. The second-order valence-corrected chi connectivity index (χ2v) is 6.13. The van der Waals surface area contributed by atoms with E-state index < -0.39 is 17.6 Å². The van der Waals surface area contributed by atoms with Crippen molar-refractivity contribution in [3.63, 3.8) is 0 Å². The van der Waals surface area contributed by atoms with Gasteiger partial charge < -0.3 is 15.4 Å². The first-order chi connectivity index (χ1) is 12.8. The van der Waals surface area contributed by atoms with Crippen molar-refractivity contribution < 1.29 is 27.1 Å². The van der Waals surface area contributed by atoms with Gasteiger partial charge in [-0.1, -0.05) is 0 Å². The maximum atomic E-state index is 13.1. The third-order valence-electron chi connectivity index (χ3n) is 4.13. The number of anilines is 2. The summed E-state index contributed by atoms with van der Waals surface area (Å²) in [6.07, 6.45) is -2.66. The van der Waals surface area contributed by atoms with E-state index in [4.69, 9.17) is 4.74 Å². The summed E-state index contributed by atoms with van der Waals surface area (Å²) < 4.78 is 57.4. The van der Waals surface area contributed by atoms with Crippen LogP contribution in [0.15, 0.2) is 36.5 Å². The van der Waals surface area contributed by atoms with Gasteiger partial charge in [-0.3, -0.25) is 9.78 Å². The molecule has 0 radical (unpaired) electrons. The number of nitrogens with zero attached hydrogens (tertiary/aromatic N) is 1. The molecule has 144 valence electrons. The molecule has 2 aromatic rings. The fourth-order valence-electron chi connectivity index (χ4n) is 2.68. The van der Waals surface area contributed by atoms with Gasteiger partial charge in [-0.05, 0) is 36.8 Å². The molecule has 1 atom stereocenters. The Morgan fingerprint density at radius 3 is 2.70 bits per heavy atom. The Balaban J connectivity index is 1.63. The quantitative estimate of drug-likeness (QED) is 0.774. The largest absolute Gasteiger partial charge is 0.418 e. The zero-order chi connectivity index (χ0) is 19.4. The standard InChI is InChI=1S/C18H17F4N3O2/c19-12-1-4-16(15(7-12)18(20,21)22)25-14-3-2-13(23-9-14)8-24-17(26)11-5-6-27-10-11/h1-4,7,9,11,25H,5-6,8,10H2,(H,24,26). The lowest BCUT2D eigenvalue weighted by molar-refractivity contribution is -0.137. The summed E-state index contributed by atoms with van der Waals surface area (Å²) >= 11 is 0. The molecule has 2 N–H and O–H groups in total. The Hall–Kier alpha value is -2.68. The van der Waals surface area contributed by atoms with E-state index in [0.29, 0.717) is 37.1 Å². The Morgan fingerprint density at radius 1 is 1.26 bits per heavy atom. The van der Waals surface area contributed by atoms with Gasteiger partial charge in [0.2, 0.25) is 5.91 Å². The fourth-order valence-corrected chi connectivity index (χ4v) is 2.68. The molecule has 2 heterocycles. The van der Waals surface area contributed by atoms with Gasteiger partial charge in [0, 0.05) is 6.61 Å². The zero-order valence-corrected chi connectivity index (χ0v) is 14.1. The minimum Gasteiger partial charge on any atom is -0.381 e. The molecule has 0 aliphatic carbocycles. The Kier molecular flexibility index (Phi) is 5.59. The monoisotopic (exact) mass is 383 g/mol. The number of benzene rings is 1. The molecule has 1 aliphatic rings. The molecule has 0 saturated carbocycles. The van der Waals surface area contributed by atoms with Crippen molar-refractivity contribution in [2.75, 3.05) is 18.5 Å². The molecule has 1 unspecified atom stereocenters. The van der Waals surface area contributed by atoms with Crippen molar-refractivity contribution in [2.24, 2.45) is 5.92 Å². The predicted molar refractivity (Wildman–Crippen MR) is 89.7 cm³/mol. The first-order valence-electron chi connectivity index (χ1n) is 8.27. The van der Waals surface area contributed by atoms with E-state index in [9.17, 15) is 22.4 Å². The maximum absolute atomic E-state index is 13.1. The number of halogens is 4. The second-order valence-electron chi connectivity index (χ2n) is 6.13. The SMILES string of the molecule is O=C(NCc1ccc(Nc2ccc(F)cc2C(F)(F)F)cn1)C1CCOC1. The van der Waals surface area contributed by atoms with Crippen LogP contribution in [0.4, 0.5) is 28.9 Å². The molecule has 5 nitrogen and oxygen atoms in total. The number of ether oxygens (including phenoxy) is 1. The summed E-state index contributed by atoms with van der Waals surface area (Å²) in [5.74, 6) is -1.24. The van der Waals surface area contributed by atoms with Crippen LogP contribution in [0.2, 0.25) is 0 Å². The highest BCUT2D eigenvalue weighted by molar-refractivity contribution is 5.78. The minimum atomic E-state index is -4.69. The molecule has 3 rings (SSSR count). The maximum Gasteiger partial charge on any atom is 0.418 e. The lowest BCUT2D eigenvalue weighted by atomic mass is 10.1. The molecule has 9 heteroatoms. The molecule has 1 aromatic carbocycles. The molecule has 27 heavy (non-hydrogen) atoms. The molecule has 1 fully saturated rings. The van der Waals surface area contributed by atoms with Crippen LogP contribution in [0, 0.1) is 11.7 Å². The third kappa shape index (κ3) is 4.94. The number of aromatic nitrogens is 1. The average molecular weight is 383 g/mol. The van der Waals surface area contributed by atoms with Crippen molar-refractivity contribution in [2.45, 2.75) is 19.1 Å². The van der Waals surface area contributed by atoms with Crippen LogP contribution in [0.1, 0.15) is 17.7 Å². The van der Waals surface area contributed by atoms with Crippen molar-refractivity contribution in [3.8, 4) is 0 Å². The fraction of sp³-hybridized carbons (Fsp3) is 0.333. The Labute approximate surface area is 152 Å². The second kappa shape index (κ2) is 7.91. The van der Waals surface area contributed by atoms with Crippen LogP contribution >= 0.6 is 0 Å². The lowest BCUT2D eigenvalue weighted by Gasteiger charge is -2.15. The van der Waals surface area contributed by atoms with Gasteiger partial charge in [-0.25, -0.2) is 4.39 Å². The van der Waals surface area contributed by atoms with Crippen LogP contribution < -0.4 is 10.6 Å². The van der Waals surface area contributed by atoms with E-state index in [1.54, 1.807) is 6.07 Å². The van der Waals surface area contributed by atoms with E-state index in [2.05, 4.69) is 15.6 Å². The van der Waals surface area contributed by atoms with Gasteiger partial charge in [-0.2, -0.15) is 13.2 Å². The van der Waals surface area contributed by atoms with Crippen LogP contribution in [0.5, 0.6) is 0 Å². The average Bonchev–Trinajstić information content (AvgIpc) is 3.16. The van der Waals surface area contributed by atoms with Crippen molar-refractivity contribution >= 4 is 17.3 Å². The van der Waals surface area contributed by atoms with Crippen molar-refractivity contribution in [1.82, 2.24) is 10.3 Å². The first kappa shape index (κ1) is 19.1. The number of hydrogen-bond acceptors (Lipinski definition) is 4. The normalized spacial score (nSPS) is 17.0. The number of rotatable bonds is 5. The van der Waals surface area contributed by atoms with Gasteiger partial charge in [0.15, 0.2) is 0 Å². The van der Waals surface area contributed by atoms with E-state index >= 15 is 0 Å². The van der Waals surface area contributed by atoms with Crippen molar-refractivity contribution in [3.05, 3.63) is 53.6 Å². The van der Waals surface area contributed by atoms with Crippen LogP contribution in [-0.2, 0) is 22.3 Å². The molecule has 1 aromatic heterocycles. The van der Waals surface area contributed by atoms with Gasteiger partial charge in [-0.15, -0.1) is 0 Å². The third-order valence-corrected chi connectivity index (χ3v) is 4.13. The molecule has 0 spiro atoms. The molecule has 1 aliphatic heterocycles. The number of amides is 1. The van der Waals surface area contributed by atoms with Crippen LogP contribution in [0.25, 0.3) is 0 Å². The summed E-state index contributed by atoms with van der Waals surface area (Å²) in [5.41, 5.74) is -0.500. The van der Waals surface area contributed by atoms with E-state index in [-0.39, 0.29) is 24.1 Å². The highest BCUT2D eigenvalue weighted by Crippen LogP contribution is 2.36. The number of carbonyl (C=O) groups is 1. The number of pyridine rings is 1. The van der Waals surface area contributed by atoms with Crippen LogP contribution in [0.3, 0.4) is 0 Å². The van der Waals surface area contributed by atoms with Crippen LogP contribution in [-0.4, -0.2) is 24.1 Å². The highest BCUT2D eigenvalue weighted by Gasteiger charge is 2.34. The molecular weight excluding hydrogens is 366 g/mol. The summed E-state index contributed by atoms with van der Waals surface area (Å²) in [6.45, 7) is 1.18. The smallest absolute Gasteiger partial charge is 0.381 e. The number of alkyl halides is 3. The zero-order valence-electron chi connectivity index (χ0n) is 14.1. The topological polar surface area (TPSA) is 63.2 Å². The predicted octanol–water partition coefficient (Wildman–Crippen LogP) is 3.64. The Morgan fingerprint density at radius 2 is 2.07 bits per heavy atom.